The Morgan fingerprint density at radius 1 is 1.12 bits per heavy atom. The van der Waals surface area contributed by atoms with Gasteiger partial charge in [0.05, 0.1) is 24.4 Å². The fourth-order valence-corrected chi connectivity index (χ4v) is 3.46. The summed E-state index contributed by atoms with van der Waals surface area (Å²) in [6.07, 6.45) is 3.23. The minimum atomic E-state index is -0.301. The molecule has 0 atom stereocenters. The first-order chi connectivity index (χ1) is 12.1. The summed E-state index contributed by atoms with van der Waals surface area (Å²) in [6.45, 7) is 0. The number of methoxy groups -OCH3 is 2. The minimum Gasteiger partial charge on any atom is -0.493 e. The van der Waals surface area contributed by atoms with Crippen molar-refractivity contribution in [2.45, 2.75) is 0 Å². The Balaban J connectivity index is 1.97. The number of nitrogens with zero attached hydrogens (tertiary/aromatic N) is 2. The van der Waals surface area contributed by atoms with Crippen molar-refractivity contribution in [3.8, 4) is 11.5 Å². The van der Waals surface area contributed by atoms with E-state index in [0.29, 0.717) is 16.3 Å². The van der Waals surface area contributed by atoms with E-state index in [1.165, 1.54) is 17.4 Å². The molecule has 1 heterocycles. The molecule has 2 aromatic carbocycles. The first-order valence-corrected chi connectivity index (χ1v) is 8.47. The summed E-state index contributed by atoms with van der Waals surface area (Å²) in [4.78, 5) is 17.0. The van der Waals surface area contributed by atoms with Gasteiger partial charge in [-0.1, -0.05) is 41.7 Å². The van der Waals surface area contributed by atoms with E-state index >= 15 is 0 Å². The van der Waals surface area contributed by atoms with Crippen LogP contribution in [0.2, 0.25) is 0 Å². The van der Waals surface area contributed by atoms with Gasteiger partial charge in [-0.25, -0.2) is 0 Å². The number of ether oxygens (including phenoxy) is 2. The van der Waals surface area contributed by atoms with Crippen molar-refractivity contribution in [3.05, 3.63) is 58.9 Å². The molecule has 0 radical (unpaired) electrons. The SMILES string of the molecule is COc1cc2sc(=NC(=O)/C=C/c3ccccc3)n(C)c2cc1OC. The molecule has 0 spiro atoms. The van der Waals surface area contributed by atoms with Crippen LogP contribution in [0.25, 0.3) is 16.3 Å². The summed E-state index contributed by atoms with van der Waals surface area (Å²) in [6, 6.07) is 13.4. The van der Waals surface area contributed by atoms with Crippen molar-refractivity contribution in [1.82, 2.24) is 4.57 Å². The van der Waals surface area contributed by atoms with Crippen LogP contribution >= 0.6 is 11.3 Å². The predicted molar refractivity (Wildman–Crippen MR) is 99.9 cm³/mol. The summed E-state index contributed by atoms with van der Waals surface area (Å²) >= 11 is 1.43. The van der Waals surface area contributed by atoms with Gasteiger partial charge in [-0.2, -0.15) is 4.99 Å². The van der Waals surface area contributed by atoms with Crippen molar-refractivity contribution < 1.29 is 14.3 Å². The Morgan fingerprint density at radius 3 is 2.48 bits per heavy atom. The summed E-state index contributed by atoms with van der Waals surface area (Å²) in [5.74, 6) is 0.994. The first-order valence-electron chi connectivity index (χ1n) is 7.65. The smallest absolute Gasteiger partial charge is 0.272 e. The zero-order valence-electron chi connectivity index (χ0n) is 14.2. The Kier molecular flexibility index (Phi) is 5.00. The average Bonchev–Trinajstić information content (AvgIpc) is 2.94. The van der Waals surface area contributed by atoms with Gasteiger partial charge in [0.15, 0.2) is 16.3 Å². The van der Waals surface area contributed by atoms with E-state index in [1.807, 2.05) is 54.1 Å². The lowest BCUT2D eigenvalue weighted by Crippen LogP contribution is -2.12. The van der Waals surface area contributed by atoms with Gasteiger partial charge in [-0.15, -0.1) is 0 Å². The maximum Gasteiger partial charge on any atom is 0.272 e. The minimum absolute atomic E-state index is 0.301. The molecule has 0 saturated carbocycles. The van der Waals surface area contributed by atoms with E-state index in [2.05, 4.69) is 4.99 Å². The molecule has 1 amide bonds. The van der Waals surface area contributed by atoms with Gasteiger partial charge < -0.3 is 14.0 Å². The Labute approximate surface area is 149 Å². The molecule has 0 fully saturated rings. The highest BCUT2D eigenvalue weighted by Crippen LogP contribution is 2.32. The number of fused-ring (bicyclic) bond motifs is 1. The highest BCUT2D eigenvalue weighted by Gasteiger charge is 2.10. The zero-order chi connectivity index (χ0) is 17.8. The van der Waals surface area contributed by atoms with Gasteiger partial charge in [0, 0.05) is 25.3 Å². The summed E-state index contributed by atoms with van der Waals surface area (Å²) in [5, 5.41) is 0. The molecule has 0 unspecified atom stereocenters. The number of carbonyl (C=O) groups is 1. The molecule has 0 aliphatic heterocycles. The maximum atomic E-state index is 12.2. The number of thiazole rings is 1. The van der Waals surface area contributed by atoms with Crippen molar-refractivity contribution in [1.29, 1.82) is 0 Å². The molecule has 0 aliphatic rings. The summed E-state index contributed by atoms with van der Waals surface area (Å²) < 4.78 is 13.5. The molecule has 5 nitrogen and oxygen atoms in total. The third-order valence-corrected chi connectivity index (χ3v) is 4.83. The van der Waals surface area contributed by atoms with Gasteiger partial charge in [0.2, 0.25) is 0 Å². The number of hydrogen-bond donors (Lipinski definition) is 0. The Morgan fingerprint density at radius 2 is 1.80 bits per heavy atom. The van der Waals surface area contributed by atoms with Crippen LogP contribution in [-0.4, -0.2) is 24.7 Å². The molecule has 3 rings (SSSR count). The second-order valence-electron chi connectivity index (χ2n) is 5.31. The van der Waals surface area contributed by atoms with Gasteiger partial charge in [-0.05, 0) is 11.6 Å². The first kappa shape index (κ1) is 17.0. The second-order valence-corrected chi connectivity index (χ2v) is 6.32. The van der Waals surface area contributed by atoms with E-state index in [4.69, 9.17) is 9.47 Å². The lowest BCUT2D eigenvalue weighted by atomic mass is 10.2. The zero-order valence-corrected chi connectivity index (χ0v) is 15.0. The van der Waals surface area contributed by atoms with Crippen LogP contribution in [0, 0.1) is 0 Å². The van der Waals surface area contributed by atoms with Gasteiger partial charge in [-0.3, -0.25) is 4.79 Å². The number of rotatable bonds is 4. The molecule has 25 heavy (non-hydrogen) atoms. The van der Waals surface area contributed by atoms with E-state index < -0.39 is 0 Å². The third kappa shape index (κ3) is 3.64. The molecular weight excluding hydrogens is 336 g/mol. The summed E-state index contributed by atoms with van der Waals surface area (Å²) in [5.41, 5.74) is 1.89. The number of amides is 1. The summed E-state index contributed by atoms with van der Waals surface area (Å²) in [7, 11) is 5.07. The monoisotopic (exact) mass is 354 g/mol. The van der Waals surface area contributed by atoms with Crippen LogP contribution in [0.1, 0.15) is 5.56 Å². The van der Waals surface area contributed by atoms with Crippen LogP contribution in [0.3, 0.4) is 0 Å². The molecule has 0 saturated heterocycles. The second kappa shape index (κ2) is 7.36. The Hall–Kier alpha value is -2.86. The van der Waals surface area contributed by atoms with Crippen LogP contribution in [0.5, 0.6) is 11.5 Å². The molecule has 6 heteroatoms. The van der Waals surface area contributed by atoms with E-state index in [-0.39, 0.29) is 5.91 Å². The predicted octanol–water partition coefficient (Wildman–Crippen LogP) is 3.40. The van der Waals surface area contributed by atoms with Crippen molar-refractivity contribution in [2.24, 2.45) is 12.0 Å². The largest absolute Gasteiger partial charge is 0.493 e. The fraction of sp³-hybridized carbons (Fsp3) is 0.158. The normalized spacial score (nSPS) is 12.0. The number of benzene rings is 2. The van der Waals surface area contributed by atoms with Crippen LogP contribution < -0.4 is 14.3 Å². The van der Waals surface area contributed by atoms with Crippen LogP contribution in [0.4, 0.5) is 0 Å². The lowest BCUT2D eigenvalue weighted by molar-refractivity contribution is -0.113. The van der Waals surface area contributed by atoms with Crippen molar-refractivity contribution in [2.75, 3.05) is 14.2 Å². The maximum absolute atomic E-state index is 12.2. The number of hydrogen-bond acceptors (Lipinski definition) is 4. The van der Waals surface area contributed by atoms with Crippen molar-refractivity contribution in [3.63, 3.8) is 0 Å². The molecule has 3 aromatic rings. The molecule has 128 valence electrons. The van der Waals surface area contributed by atoms with Crippen LogP contribution in [0.15, 0.2) is 53.5 Å². The molecule has 0 bridgehead atoms. The Bertz CT molecular complexity index is 1000. The number of aromatic nitrogens is 1. The fourth-order valence-electron chi connectivity index (χ4n) is 2.42. The highest BCUT2D eigenvalue weighted by atomic mass is 32.1. The standard InChI is InChI=1S/C19H18N2O3S/c1-21-14-11-15(23-2)16(24-3)12-17(14)25-19(21)20-18(22)10-9-13-7-5-4-6-8-13/h4-12H,1-3H3/b10-9+,20-19?. The van der Waals surface area contributed by atoms with Crippen molar-refractivity contribution >= 4 is 33.5 Å². The van der Waals surface area contributed by atoms with Gasteiger partial charge >= 0.3 is 0 Å². The number of carbonyl (C=O) groups excluding carboxylic acids is 1. The third-order valence-electron chi connectivity index (χ3n) is 3.74. The highest BCUT2D eigenvalue weighted by molar-refractivity contribution is 7.16. The topological polar surface area (TPSA) is 52.8 Å². The average molecular weight is 354 g/mol. The van der Waals surface area contributed by atoms with Crippen LogP contribution in [-0.2, 0) is 11.8 Å². The molecule has 0 aliphatic carbocycles. The van der Waals surface area contributed by atoms with E-state index in [0.717, 1.165) is 15.8 Å². The quantitative estimate of drug-likeness (QED) is 0.675. The van der Waals surface area contributed by atoms with Gasteiger partial charge in [0.1, 0.15) is 0 Å². The van der Waals surface area contributed by atoms with Gasteiger partial charge in [0.25, 0.3) is 5.91 Å². The van der Waals surface area contributed by atoms with E-state index in [1.54, 1.807) is 20.3 Å². The molecule has 0 N–H and O–H groups in total. The molecular formula is C19H18N2O3S. The van der Waals surface area contributed by atoms with E-state index in [9.17, 15) is 4.79 Å². The molecule has 1 aromatic heterocycles. The lowest BCUT2D eigenvalue weighted by Gasteiger charge is -2.07. The number of aryl methyl sites for hydroxylation is 1.